The first-order valence-corrected chi connectivity index (χ1v) is 11.7. The zero-order valence-electron chi connectivity index (χ0n) is 17.5. The van der Waals surface area contributed by atoms with E-state index in [9.17, 15) is 26.4 Å². The zero-order valence-corrected chi connectivity index (χ0v) is 18.3. The smallest absolute Gasteiger partial charge is 0.311 e. The fourth-order valence-electron chi connectivity index (χ4n) is 3.83. The zero-order chi connectivity index (χ0) is 23.6. The molecule has 0 aliphatic carbocycles. The van der Waals surface area contributed by atoms with E-state index in [4.69, 9.17) is 0 Å². The molecule has 0 unspecified atom stereocenters. The van der Waals surface area contributed by atoms with E-state index < -0.39 is 39.1 Å². The molecular formula is C24H21F3N2O3S. The lowest BCUT2D eigenvalue weighted by atomic mass is 10.2. The summed E-state index contributed by atoms with van der Waals surface area (Å²) in [5.41, 5.74) is 1.26. The molecule has 0 saturated carbocycles. The van der Waals surface area contributed by atoms with Crippen molar-refractivity contribution in [2.24, 2.45) is 0 Å². The average molecular weight is 475 g/mol. The lowest BCUT2D eigenvalue weighted by Gasteiger charge is -2.25. The Kier molecular flexibility index (Phi) is 6.27. The van der Waals surface area contributed by atoms with Crippen molar-refractivity contribution in [1.29, 1.82) is 0 Å². The highest BCUT2D eigenvalue weighted by Gasteiger charge is 2.35. The molecule has 1 aliphatic rings. The van der Waals surface area contributed by atoms with Crippen LogP contribution >= 0.6 is 0 Å². The van der Waals surface area contributed by atoms with Gasteiger partial charge < -0.3 is 4.90 Å². The van der Waals surface area contributed by atoms with Gasteiger partial charge in [-0.2, -0.15) is 17.5 Å². The molecule has 0 bridgehead atoms. The van der Waals surface area contributed by atoms with Gasteiger partial charge in [0.25, 0.3) is 0 Å². The molecule has 9 heteroatoms. The number of amides is 1. The first-order chi connectivity index (χ1) is 15.7. The Morgan fingerprint density at radius 1 is 0.939 bits per heavy atom. The SMILES string of the molecule is O=C(CN(Cc1ccccc1)S(=O)(=O)c1cccc(C(F)(F)F)c1)N1CCc2ccccc21. The first-order valence-electron chi connectivity index (χ1n) is 10.3. The molecule has 0 N–H and O–H groups in total. The Morgan fingerprint density at radius 3 is 2.36 bits per heavy atom. The minimum absolute atomic E-state index is 0.152. The second kappa shape index (κ2) is 8.99. The van der Waals surface area contributed by atoms with Crippen LogP contribution in [0.4, 0.5) is 18.9 Å². The summed E-state index contributed by atoms with van der Waals surface area (Å²) < 4.78 is 67.3. The number of benzene rings is 3. The van der Waals surface area contributed by atoms with Gasteiger partial charge in [-0.1, -0.05) is 54.6 Å². The molecule has 4 rings (SSSR count). The molecule has 0 radical (unpaired) electrons. The third kappa shape index (κ3) is 4.94. The van der Waals surface area contributed by atoms with Gasteiger partial charge in [0.1, 0.15) is 0 Å². The van der Waals surface area contributed by atoms with E-state index in [-0.39, 0.29) is 6.54 Å². The average Bonchev–Trinajstić information content (AvgIpc) is 3.23. The Balaban J connectivity index is 1.67. The number of carbonyl (C=O) groups excluding carboxylic acids is 1. The highest BCUT2D eigenvalue weighted by atomic mass is 32.2. The van der Waals surface area contributed by atoms with E-state index in [1.165, 1.54) is 4.90 Å². The maximum Gasteiger partial charge on any atom is 0.416 e. The Morgan fingerprint density at radius 2 is 1.64 bits per heavy atom. The molecule has 0 saturated heterocycles. The molecule has 0 fully saturated rings. The predicted octanol–water partition coefficient (Wildman–Crippen LogP) is 4.49. The molecule has 1 heterocycles. The number of anilines is 1. The molecule has 33 heavy (non-hydrogen) atoms. The van der Waals surface area contributed by atoms with Crippen LogP contribution in [0.2, 0.25) is 0 Å². The number of fused-ring (bicyclic) bond motifs is 1. The van der Waals surface area contributed by atoms with E-state index >= 15 is 0 Å². The number of carbonyl (C=O) groups is 1. The topological polar surface area (TPSA) is 57.7 Å². The molecule has 172 valence electrons. The first kappa shape index (κ1) is 23.0. The molecule has 5 nitrogen and oxygen atoms in total. The number of alkyl halides is 3. The maximum atomic E-state index is 13.4. The Bertz CT molecular complexity index is 1260. The van der Waals surface area contributed by atoms with Crippen LogP contribution < -0.4 is 4.90 Å². The van der Waals surface area contributed by atoms with Crippen LogP contribution in [0.25, 0.3) is 0 Å². The third-order valence-corrected chi connectivity index (χ3v) is 7.29. The Hall–Kier alpha value is -3.17. The van der Waals surface area contributed by atoms with Crippen molar-refractivity contribution in [3.63, 3.8) is 0 Å². The van der Waals surface area contributed by atoms with Gasteiger partial charge in [0, 0.05) is 18.8 Å². The minimum atomic E-state index is -4.69. The van der Waals surface area contributed by atoms with E-state index in [1.807, 2.05) is 12.1 Å². The van der Waals surface area contributed by atoms with Crippen molar-refractivity contribution < 1.29 is 26.4 Å². The van der Waals surface area contributed by atoms with Crippen LogP contribution in [0.15, 0.2) is 83.8 Å². The summed E-state index contributed by atoms with van der Waals surface area (Å²) in [6.07, 6.45) is -4.04. The Labute approximate surface area is 190 Å². The fourth-order valence-corrected chi connectivity index (χ4v) is 5.25. The highest BCUT2D eigenvalue weighted by Crippen LogP contribution is 2.32. The van der Waals surface area contributed by atoms with Gasteiger partial charge >= 0.3 is 6.18 Å². The summed E-state index contributed by atoms with van der Waals surface area (Å²) in [6, 6.07) is 19.6. The number of para-hydroxylation sites is 1. The van der Waals surface area contributed by atoms with Crippen molar-refractivity contribution >= 4 is 21.6 Å². The fraction of sp³-hybridized carbons (Fsp3) is 0.208. The lowest BCUT2D eigenvalue weighted by molar-refractivity contribution is -0.137. The maximum absolute atomic E-state index is 13.4. The van der Waals surface area contributed by atoms with Crippen LogP contribution in [0.5, 0.6) is 0 Å². The summed E-state index contributed by atoms with van der Waals surface area (Å²) in [6.45, 7) is -0.233. The van der Waals surface area contributed by atoms with Gasteiger partial charge in [-0.05, 0) is 41.8 Å². The molecule has 0 aromatic heterocycles. The van der Waals surface area contributed by atoms with Crippen LogP contribution in [0.1, 0.15) is 16.7 Å². The summed E-state index contributed by atoms with van der Waals surface area (Å²) in [7, 11) is -4.40. The largest absolute Gasteiger partial charge is 0.416 e. The number of rotatable bonds is 6. The quantitative estimate of drug-likeness (QED) is 0.529. The molecule has 1 aliphatic heterocycles. The van der Waals surface area contributed by atoms with Crippen molar-refractivity contribution in [2.75, 3.05) is 18.0 Å². The van der Waals surface area contributed by atoms with Crippen molar-refractivity contribution in [3.05, 3.63) is 95.6 Å². The van der Waals surface area contributed by atoms with Gasteiger partial charge in [-0.25, -0.2) is 8.42 Å². The monoisotopic (exact) mass is 474 g/mol. The minimum Gasteiger partial charge on any atom is -0.311 e. The highest BCUT2D eigenvalue weighted by molar-refractivity contribution is 7.89. The summed E-state index contributed by atoms with van der Waals surface area (Å²) in [4.78, 5) is 14.2. The molecule has 0 atom stereocenters. The molecule has 0 spiro atoms. The predicted molar refractivity (Wildman–Crippen MR) is 118 cm³/mol. The standard InChI is InChI=1S/C24H21F3N2O3S/c25-24(26,27)20-10-6-11-21(15-20)33(31,32)28(16-18-7-2-1-3-8-18)17-23(30)29-14-13-19-9-4-5-12-22(19)29/h1-12,15H,13-14,16-17H2. The molecule has 3 aromatic carbocycles. The van der Waals surface area contributed by atoms with Crippen LogP contribution in [0, 0.1) is 0 Å². The summed E-state index contributed by atoms with van der Waals surface area (Å²) in [5, 5.41) is 0. The molecule has 3 aromatic rings. The van der Waals surface area contributed by atoms with Gasteiger partial charge in [0.15, 0.2) is 0 Å². The summed E-state index contributed by atoms with van der Waals surface area (Å²) >= 11 is 0. The number of hydrogen-bond donors (Lipinski definition) is 0. The van der Waals surface area contributed by atoms with Crippen molar-refractivity contribution in [3.8, 4) is 0 Å². The van der Waals surface area contributed by atoms with Crippen LogP contribution in [-0.2, 0) is 34.0 Å². The van der Waals surface area contributed by atoms with Gasteiger partial charge in [-0.15, -0.1) is 0 Å². The molecule has 1 amide bonds. The van der Waals surface area contributed by atoms with E-state index in [1.54, 1.807) is 42.5 Å². The van der Waals surface area contributed by atoms with E-state index in [2.05, 4.69) is 0 Å². The number of nitrogens with zero attached hydrogens (tertiary/aromatic N) is 2. The summed E-state index contributed by atoms with van der Waals surface area (Å²) in [5.74, 6) is -0.438. The van der Waals surface area contributed by atoms with Crippen molar-refractivity contribution in [2.45, 2.75) is 24.0 Å². The molecular weight excluding hydrogens is 453 g/mol. The van der Waals surface area contributed by atoms with Crippen LogP contribution in [-0.4, -0.2) is 31.7 Å². The normalized spacial score (nSPS) is 13.9. The van der Waals surface area contributed by atoms with Gasteiger partial charge in [0.2, 0.25) is 15.9 Å². The number of hydrogen-bond acceptors (Lipinski definition) is 3. The second-order valence-corrected chi connectivity index (χ2v) is 9.65. The van der Waals surface area contributed by atoms with E-state index in [0.29, 0.717) is 24.6 Å². The van der Waals surface area contributed by atoms with Gasteiger partial charge in [-0.3, -0.25) is 4.79 Å². The number of sulfonamides is 1. The van der Waals surface area contributed by atoms with Crippen molar-refractivity contribution in [1.82, 2.24) is 4.31 Å². The number of halogens is 3. The van der Waals surface area contributed by atoms with Gasteiger partial charge in [0.05, 0.1) is 17.0 Å². The lowest BCUT2D eigenvalue weighted by Crippen LogP contribution is -2.42. The third-order valence-electron chi connectivity index (χ3n) is 5.50. The second-order valence-electron chi connectivity index (χ2n) is 7.71. The van der Waals surface area contributed by atoms with E-state index in [0.717, 1.165) is 33.8 Å². The van der Waals surface area contributed by atoms with Crippen LogP contribution in [0.3, 0.4) is 0 Å².